The van der Waals surface area contributed by atoms with E-state index >= 15 is 26.3 Å². The molecule has 1 fully saturated rings. The number of alkyl halides is 6. The van der Waals surface area contributed by atoms with E-state index in [1.807, 2.05) is 91.2 Å². The first-order valence-electron chi connectivity index (χ1n) is 29.6. The van der Waals surface area contributed by atoms with Gasteiger partial charge in [-0.05, 0) is 150 Å². The van der Waals surface area contributed by atoms with E-state index in [-0.39, 0.29) is 45.8 Å². The van der Waals surface area contributed by atoms with Crippen molar-refractivity contribution < 1.29 is 26.3 Å². The molecule has 0 saturated heterocycles. The average Bonchev–Trinajstić information content (AvgIpc) is 0.984. The highest BCUT2D eigenvalue weighted by molar-refractivity contribution is 6.14. The molecule has 1 saturated carbocycles. The minimum atomic E-state index is -4.94. The highest BCUT2D eigenvalue weighted by Crippen LogP contribution is 2.65. The first-order valence-corrected chi connectivity index (χ1v) is 29.6. The largest absolute Gasteiger partial charge is 0.417 e. The molecule has 3 atom stereocenters. The first kappa shape index (κ1) is 53.7. The van der Waals surface area contributed by atoms with Gasteiger partial charge in [0.25, 0.3) is 0 Å². The van der Waals surface area contributed by atoms with Gasteiger partial charge >= 0.3 is 12.4 Å². The molecule has 3 aliphatic rings. The van der Waals surface area contributed by atoms with Crippen LogP contribution in [0.15, 0.2) is 200 Å². The summed E-state index contributed by atoms with van der Waals surface area (Å²) >= 11 is 0. The van der Waals surface area contributed by atoms with E-state index < -0.39 is 34.6 Å². The molecule has 4 nitrogen and oxygen atoms in total. The number of aromatic nitrogens is 3. The molecule has 10 heteroatoms. The summed E-state index contributed by atoms with van der Waals surface area (Å²) in [4.78, 5) is 2.39. The highest BCUT2D eigenvalue weighted by atomic mass is 19.4. The van der Waals surface area contributed by atoms with E-state index in [0.717, 1.165) is 101 Å². The van der Waals surface area contributed by atoms with Crippen molar-refractivity contribution in [3.63, 3.8) is 0 Å². The smallest absolute Gasteiger partial charge is 0.337 e. The molecule has 86 heavy (non-hydrogen) atoms. The van der Waals surface area contributed by atoms with Gasteiger partial charge < -0.3 is 18.6 Å². The second kappa shape index (κ2) is 18.7. The molecule has 0 N–H and O–H groups in total. The van der Waals surface area contributed by atoms with E-state index in [1.54, 1.807) is 24.3 Å². The Balaban J connectivity index is 1.32. The van der Waals surface area contributed by atoms with Crippen LogP contribution in [0.4, 0.5) is 37.7 Å². The Morgan fingerprint density at radius 2 is 0.767 bits per heavy atom. The SMILES string of the molecule is Cc1ccc2c(c1)C1CC([C@@H]1C)N2c1c(C(C)(C)n2c3ccccc3c3ccccc32)c(-c2ccccc2C(F)(F)F)c(-n2c3ccc(C)cc3c3cc(C)ccc32)c(-c2ccccc2C(F)(F)F)c1C(C)(C)n1c2ccccc2c2ccccc21. The van der Waals surface area contributed by atoms with Gasteiger partial charge in [-0.3, -0.25) is 0 Å². The van der Waals surface area contributed by atoms with Gasteiger partial charge in [-0.15, -0.1) is 0 Å². The molecule has 2 unspecified atom stereocenters. The predicted molar refractivity (Wildman–Crippen MR) is 340 cm³/mol. The number of nitrogens with zero attached hydrogens (tertiary/aromatic N) is 4. The Morgan fingerprint density at radius 1 is 0.395 bits per heavy atom. The van der Waals surface area contributed by atoms with Crippen LogP contribution in [-0.2, 0) is 23.4 Å². The summed E-state index contributed by atoms with van der Waals surface area (Å²) in [6.07, 6.45) is -9.15. The number of benzene rings is 10. The zero-order valence-corrected chi connectivity index (χ0v) is 49.0. The van der Waals surface area contributed by atoms with Gasteiger partial charge in [0.2, 0.25) is 0 Å². The Labute approximate surface area is 495 Å². The lowest BCUT2D eigenvalue weighted by molar-refractivity contribution is -0.137. The van der Waals surface area contributed by atoms with Crippen LogP contribution in [0, 0.1) is 26.7 Å². The Bertz CT molecular complexity index is 4610. The number of anilines is 2. The highest BCUT2D eigenvalue weighted by Gasteiger charge is 2.54. The van der Waals surface area contributed by atoms with Crippen molar-refractivity contribution in [2.75, 3.05) is 4.90 Å². The van der Waals surface area contributed by atoms with Crippen molar-refractivity contribution >= 4 is 76.8 Å². The lowest BCUT2D eigenvalue weighted by Gasteiger charge is -2.58. The Kier molecular flexibility index (Phi) is 11.7. The molecule has 10 aromatic carbocycles. The third-order valence-electron chi connectivity index (χ3n) is 19.4. The maximum absolute atomic E-state index is 17.0. The number of fused-ring (bicyclic) bond motifs is 9. The van der Waals surface area contributed by atoms with Crippen LogP contribution in [0.5, 0.6) is 0 Å². The van der Waals surface area contributed by atoms with Crippen molar-refractivity contribution in [1.29, 1.82) is 0 Å². The van der Waals surface area contributed by atoms with Gasteiger partial charge in [0, 0.05) is 88.4 Å². The van der Waals surface area contributed by atoms with Gasteiger partial charge in [-0.1, -0.05) is 157 Å². The minimum absolute atomic E-state index is 0.0398. The fourth-order valence-corrected chi connectivity index (χ4v) is 15.7. The number of halogens is 6. The molecule has 5 heterocycles. The third kappa shape index (κ3) is 7.63. The fraction of sp³-hybridized carbons (Fsp3) is 0.211. The molecule has 3 aromatic heterocycles. The maximum Gasteiger partial charge on any atom is 0.417 e. The lowest BCUT2D eigenvalue weighted by atomic mass is 9.61. The van der Waals surface area contributed by atoms with E-state index in [9.17, 15) is 0 Å². The van der Waals surface area contributed by atoms with Crippen LogP contribution in [0.1, 0.15) is 91.5 Å². The summed E-state index contributed by atoms with van der Waals surface area (Å²) in [7, 11) is 0. The van der Waals surface area contributed by atoms with Crippen LogP contribution in [0.25, 0.3) is 93.4 Å². The minimum Gasteiger partial charge on any atom is -0.337 e. The molecular formula is C76H62F6N4. The topological polar surface area (TPSA) is 18.0 Å². The second-order valence-electron chi connectivity index (χ2n) is 25.2. The zero-order chi connectivity index (χ0) is 59.7. The van der Waals surface area contributed by atoms with E-state index in [1.165, 1.54) is 12.1 Å². The van der Waals surface area contributed by atoms with Crippen molar-refractivity contribution in [1.82, 2.24) is 13.7 Å². The lowest BCUT2D eigenvalue weighted by Crippen LogP contribution is -2.54. The zero-order valence-electron chi connectivity index (χ0n) is 49.0. The molecule has 2 bridgehead atoms. The number of hydrogen-bond acceptors (Lipinski definition) is 1. The van der Waals surface area contributed by atoms with E-state index in [2.05, 4.69) is 134 Å². The monoisotopic (exact) mass is 1140 g/mol. The Morgan fingerprint density at radius 3 is 1.17 bits per heavy atom. The van der Waals surface area contributed by atoms with Crippen LogP contribution >= 0.6 is 0 Å². The molecule has 16 rings (SSSR count). The summed E-state index contributed by atoms with van der Waals surface area (Å²) in [5.74, 6) is 0.214. The normalized spacial score (nSPS) is 16.5. The van der Waals surface area contributed by atoms with Crippen molar-refractivity contribution in [2.45, 2.75) is 97.2 Å². The summed E-state index contributed by atoms with van der Waals surface area (Å²) in [5.41, 5.74) is 7.01. The molecule has 13 aromatic rings. The number of para-hydroxylation sites is 4. The standard InChI is InChI=1S/C76H62F6N4/c1-43-33-36-59-54(39-43)53-42-66(46(53)4)84(59)72-69(73(5,6)85-62-29-17-11-21-47(62)48-22-12-18-30-63(48)85)67(51-25-9-15-27-57(51)75(77,78)79)71(83-60-37-34-44(2)40-55(60)56-41-45(3)35-38-61(56)83)68(52-26-10-16-28-58(52)76(80,81)82)70(72)74(7,8)86-64-31-19-13-23-49(64)50-24-14-20-32-65(50)86/h9-41,46,53,66H,42H2,1-8H3/t46-,53?,66?/m1/s1. The number of rotatable bonds is 8. The predicted octanol–water partition coefficient (Wildman–Crippen LogP) is 21.5. The molecule has 428 valence electrons. The molecule has 1 aliphatic carbocycles. The summed E-state index contributed by atoms with van der Waals surface area (Å²) in [6.45, 7) is 16.8. The molecule has 2 aliphatic heterocycles. The van der Waals surface area contributed by atoms with Crippen LogP contribution < -0.4 is 4.90 Å². The van der Waals surface area contributed by atoms with Gasteiger partial charge in [-0.25, -0.2) is 0 Å². The summed E-state index contributed by atoms with van der Waals surface area (Å²) in [6, 6.07) is 62.5. The van der Waals surface area contributed by atoms with Crippen LogP contribution in [0.3, 0.4) is 0 Å². The van der Waals surface area contributed by atoms with Gasteiger partial charge in [0.05, 0.1) is 44.6 Å². The summed E-state index contributed by atoms with van der Waals surface area (Å²) < 4.78 is 108. The second-order valence-corrected chi connectivity index (χ2v) is 25.2. The fourth-order valence-electron chi connectivity index (χ4n) is 15.7. The summed E-state index contributed by atoms with van der Waals surface area (Å²) in [5, 5.41) is 5.47. The number of hydrogen-bond donors (Lipinski definition) is 0. The molecule has 0 spiro atoms. The third-order valence-corrected chi connectivity index (χ3v) is 19.4. The van der Waals surface area contributed by atoms with Gasteiger partial charge in [0.1, 0.15) is 0 Å². The Hall–Kier alpha value is -9.02. The number of aryl methyl sites for hydroxylation is 3. The van der Waals surface area contributed by atoms with Crippen molar-refractivity contribution in [3.05, 3.63) is 245 Å². The van der Waals surface area contributed by atoms with Crippen LogP contribution in [-0.4, -0.2) is 19.7 Å². The van der Waals surface area contributed by atoms with Gasteiger partial charge in [0.15, 0.2) is 0 Å². The average molecular weight is 1150 g/mol. The van der Waals surface area contributed by atoms with Crippen molar-refractivity contribution in [2.24, 2.45) is 5.92 Å². The first-order chi connectivity index (χ1) is 41.2. The molecular weight excluding hydrogens is 1080 g/mol. The van der Waals surface area contributed by atoms with E-state index in [4.69, 9.17) is 0 Å². The van der Waals surface area contributed by atoms with Crippen LogP contribution in [0.2, 0.25) is 0 Å². The van der Waals surface area contributed by atoms with Crippen molar-refractivity contribution in [3.8, 4) is 27.9 Å². The maximum atomic E-state index is 17.0. The quantitative estimate of drug-likeness (QED) is 0.139. The molecule has 0 radical (unpaired) electrons. The molecule has 0 amide bonds. The van der Waals surface area contributed by atoms with E-state index in [0.29, 0.717) is 27.8 Å². The van der Waals surface area contributed by atoms with Gasteiger partial charge in [-0.2, -0.15) is 26.3 Å².